The van der Waals surface area contributed by atoms with Gasteiger partial charge >= 0.3 is 0 Å². The zero-order valence-electron chi connectivity index (χ0n) is 29.1. The molecule has 5 heteroatoms. The van der Waals surface area contributed by atoms with Gasteiger partial charge in [-0.3, -0.25) is 4.98 Å². The first-order valence-corrected chi connectivity index (χ1v) is 17.9. The van der Waals surface area contributed by atoms with E-state index in [4.69, 9.17) is 15.0 Å². The van der Waals surface area contributed by atoms with Gasteiger partial charge in [-0.1, -0.05) is 62.4 Å². The van der Waals surface area contributed by atoms with Crippen molar-refractivity contribution in [2.24, 2.45) is 17.8 Å². The molecule has 0 saturated heterocycles. The molecule has 6 aromatic rings. The lowest BCUT2D eigenvalue weighted by molar-refractivity contribution is 0.0897. The number of fused-ring (bicyclic) bond motifs is 2. The first-order chi connectivity index (χ1) is 24.9. The summed E-state index contributed by atoms with van der Waals surface area (Å²) in [6, 6.07) is 42.7. The van der Waals surface area contributed by atoms with Crippen LogP contribution in [0, 0.1) is 40.4 Å². The van der Waals surface area contributed by atoms with E-state index in [9.17, 15) is 10.5 Å². The second-order valence-corrected chi connectivity index (χ2v) is 15.0. The number of rotatable bonds is 6. The number of aromatic nitrogens is 3. The van der Waals surface area contributed by atoms with Crippen molar-refractivity contribution < 1.29 is 0 Å². The van der Waals surface area contributed by atoms with Crippen LogP contribution in [0.2, 0.25) is 0 Å². The summed E-state index contributed by atoms with van der Waals surface area (Å²) in [4.78, 5) is 15.2. The molecule has 0 aliphatic heterocycles. The Balaban J connectivity index is 1.23. The fourth-order valence-corrected chi connectivity index (χ4v) is 8.75. The first kappa shape index (κ1) is 32.3. The van der Waals surface area contributed by atoms with Gasteiger partial charge in [-0.25, -0.2) is 9.97 Å². The van der Waals surface area contributed by atoms with Crippen LogP contribution >= 0.6 is 0 Å². The van der Waals surface area contributed by atoms with Crippen molar-refractivity contribution >= 4 is 0 Å². The summed E-state index contributed by atoms with van der Waals surface area (Å²) in [6.07, 6.45) is 8.73. The van der Waals surface area contributed by atoms with E-state index in [2.05, 4.69) is 86.8 Å². The molecule has 2 fully saturated rings. The fourth-order valence-electron chi connectivity index (χ4n) is 8.75. The zero-order chi connectivity index (χ0) is 35.0. The number of hydrogen-bond donors (Lipinski definition) is 0. The normalized spacial score (nSPS) is 21.0. The van der Waals surface area contributed by atoms with E-state index < -0.39 is 0 Å². The molecule has 2 aliphatic rings. The van der Waals surface area contributed by atoms with E-state index in [0.29, 0.717) is 17.0 Å². The summed E-state index contributed by atoms with van der Waals surface area (Å²) in [6.45, 7) is 4.89. The van der Waals surface area contributed by atoms with Crippen molar-refractivity contribution in [2.45, 2.75) is 51.4 Å². The van der Waals surface area contributed by atoms with Gasteiger partial charge in [-0.15, -0.1) is 0 Å². The minimum absolute atomic E-state index is 0.168. The van der Waals surface area contributed by atoms with E-state index >= 15 is 0 Å². The smallest absolute Gasteiger partial charge is 0.160 e. The molecule has 8 rings (SSSR count). The van der Waals surface area contributed by atoms with Crippen LogP contribution in [0.5, 0.6) is 0 Å². The van der Waals surface area contributed by atoms with Crippen molar-refractivity contribution in [3.63, 3.8) is 0 Å². The van der Waals surface area contributed by atoms with Crippen molar-refractivity contribution in [1.29, 1.82) is 10.5 Å². The Bertz CT molecular complexity index is 2180. The lowest BCUT2D eigenvalue weighted by Gasteiger charge is -2.47. The molecule has 2 saturated carbocycles. The number of benzene rings is 4. The lowest BCUT2D eigenvalue weighted by Crippen LogP contribution is -2.38. The van der Waals surface area contributed by atoms with Crippen LogP contribution < -0.4 is 0 Å². The molecule has 2 aliphatic carbocycles. The summed E-state index contributed by atoms with van der Waals surface area (Å²) in [5.74, 6) is 3.04. The van der Waals surface area contributed by atoms with E-state index in [1.807, 2.05) is 48.5 Å². The average Bonchev–Trinajstić information content (AvgIpc) is 3.17. The highest BCUT2D eigenvalue weighted by atomic mass is 14.9. The van der Waals surface area contributed by atoms with E-state index in [1.54, 1.807) is 12.1 Å². The van der Waals surface area contributed by atoms with E-state index in [-0.39, 0.29) is 5.41 Å². The van der Waals surface area contributed by atoms with Crippen LogP contribution in [-0.2, 0) is 5.41 Å². The predicted molar refractivity (Wildman–Crippen MR) is 203 cm³/mol. The summed E-state index contributed by atoms with van der Waals surface area (Å²) < 4.78 is 0. The molecule has 0 amide bonds. The zero-order valence-corrected chi connectivity index (χ0v) is 29.1. The SMILES string of the molecule is C[C@H]1C[C@@H]2C[C@H](C1)CC(C)(c1ccc(-c3cc(-c4ccccc4)cc(-c4cc(-c5ccc(C#N)cc5)nc(-c5ccc(C#N)cc5)n4)c3)nc1)C2. The number of nitrogens with zero attached hydrogens (tertiary/aromatic N) is 5. The maximum atomic E-state index is 9.40. The highest BCUT2D eigenvalue weighted by Crippen LogP contribution is 2.51. The van der Waals surface area contributed by atoms with Crippen molar-refractivity contribution in [3.05, 3.63) is 138 Å². The van der Waals surface area contributed by atoms with Gasteiger partial charge in [0, 0.05) is 28.5 Å². The third-order valence-electron chi connectivity index (χ3n) is 11.0. The molecule has 4 atom stereocenters. The highest BCUT2D eigenvalue weighted by molar-refractivity contribution is 5.81. The maximum Gasteiger partial charge on any atom is 0.160 e. The molecule has 0 spiro atoms. The molecule has 5 nitrogen and oxygen atoms in total. The second kappa shape index (κ2) is 13.4. The van der Waals surface area contributed by atoms with E-state index in [1.165, 1.54) is 37.7 Å². The summed E-state index contributed by atoms with van der Waals surface area (Å²) in [5.41, 5.74) is 11.0. The molecular formula is C46H39N5. The lowest BCUT2D eigenvalue weighted by atomic mass is 9.58. The summed E-state index contributed by atoms with van der Waals surface area (Å²) in [7, 11) is 0. The Morgan fingerprint density at radius 3 is 1.73 bits per heavy atom. The third-order valence-corrected chi connectivity index (χ3v) is 11.0. The van der Waals surface area contributed by atoms with Gasteiger partial charge in [0.1, 0.15) is 0 Å². The van der Waals surface area contributed by atoms with Crippen molar-refractivity contribution in [1.82, 2.24) is 15.0 Å². The van der Waals surface area contributed by atoms with Gasteiger partial charge in [0.25, 0.3) is 0 Å². The predicted octanol–water partition coefficient (Wildman–Crippen LogP) is 11.1. The molecule has 4 aromatic carbocycles. The average molecular weight is 662 g/mol. The Hall–Kier alpha value is -5.91. The Morgan fingerprint density at radius 2 is 1.14 bits per heavy atom. The van der Waals surface area contributed by atoms with Crippen LogP contribution in [0.4, 0.5) is 0 Å². The summed E-state index contributed by atoms with van der Waals surface area (Å²) in [5, 5.41) is 18.8. The maximum absolute atomic E-state index is 9.40. The molecule has 248 valence electrons. The Kier molecular flexibility index (Phi) is 8.50. The standard InChI is InChI=1S/C46H39N5/c1-30-18-33-20-34(19-30)26-46(2,25-33)41-16-17-42(49-29-41)39-21-38(35-6-4-3-5-7-35)22-40(23-39)44-24-43(36-12-8-31(27-47)9-13-36)50-45(51-44)37-14-10-32(28-48)11-15-37/h3-17,21-24,29-30,33-34H,18-20,25-26H2,1-2H3/t30-,33+,34-,46?. The molecule has 2 aromatic heterocycles. The molecule has 0 N–H and O–H groups in total. The van der Waals surface area contributed by atoms with Gasteiger partial charge in [-0.05, 0) is 139 Å². The highest BCUT2D eigenvalue weighted by Gasteiger charge is 2.42. The Morgan fingerprint density at radius 1 is 0.569 bits per heavy atom. The van der Waals surface area contributed by atoms with Gasteiger partial charge in [0.2, 0.25) is 0 Å². The van der Waals surface area contributed by atoms with Crippen LogP contribution in [0.1, 0.15) is 62.6 Å². The molecule has 0 radical (unpaired) electrons. The molecule has 1 unspecified atom stereocenters. The second-order valence-electron chi connectivity index (χ2n) is 15.0. The van der Waals surface area contributed by atoms with Crippen LogP contribution in [-0.4, -0.2) is 15.0 Å². The number of hydrogen-bond acceptors (Lipinski definition) is 5. The van der Waals surface area contributed by atoms with Crippen LogP contribution in [0.25, 0.3) is 56.3 Å². The minimum atomic E-state index is 0.168. The van der Waals surface area contributed by atoms with Crippen molar-refractivity contribution in [2.75, 3.05) is 0 Å². The topological polar surface area (TPSA) is 86.2 Å². The monoisotopic (exact) mass is 661 g/mol. The van der Waals surface area contributed by atoms with Gasteiger partial charge in [0.15, 0.2) is 5.82 Å². The molecule has 51 heavy (non-hydrogen) atoms. The fraction of sp³-hybridized carbons (Fsp3) is 0.239. The van der Waals surface area contributed by atoms with Crippen molar-refractivity contribution in [3.8, 4) is 68.4 Å². The molecule has 2 heterocycles. The minimum Gasteiger partial charge on any atom is -0.256 e. The molecular weight excluding hydrogens is 623 g/mol. The van der Waals surface area contributed by atoms with Gasteiger partial charge in [0.05, 0.1) is 40.3 Å². The molecule has 2 bridgehead atoms. The number of pyridine rings is 1. The van der Waals surface area contributed by atoms with Crippen LogP contribution in [0.15, 0.2) is 121 Å². The van der Waals surface area contributed by atoms with Crippen LogP contribution in [0.3, 0.4) is 0 Å². The number of nitriles is 2. The van der Waals surface area contributed by atoms with Gasteiger partial charge in [-0.2, -0.15) is 10.5 Å². The first-order valence-electron chi connectivity index (χ1n) is 17.9. The largest absolute Gasteiger partial charge is 0.256 e. The van der Waals surface area contributed by atoms with E-state index in [0.717, 1.165) is 68.2 Å². The quantitative estimate of drug-likeness (QED) is 0.177. The third kappa shape index (κ3) is 6.69. The van der Waals surface area contributed by atoms with Gasteiger partial charge < -0.3 is 0 Å². The Labute approximate surface area is 300 Å². The summed E-state index contributed by atoms with van der Waals surface area (Å²) >= 11 is 0.